The van der Waals surface area contributed by atoms with E-state index in [0.717, 1.165) is 22.3 Å². The van der Waals surface area contributed by atoms with Gasteiger partial charge in [-0.25, -0.2) is 14.4 Å². The highest BCUT2D eigenvalue weighted by molar-refractivity contribution is 5.94. The van der Waals surface area contributed by atoms with Gasteiger partial charge in [0.25, 0.3) is 0 Å². The summed E-state index contributed by atoms with van der Waals surface area (Å²) in [5.74, 6) is -3.69. The molecular weight excluding hydrogens is 698 g/mol. The molecule has 0 saturated carbocycles. The van der Waals surface area contributed by atoms with Gasteiger partial charge in [-0.3, -0.25) is 19.2 Å². The molecule has 0 radical (unpaired) electrons. The van der Waals surface area contributed by atoms with Crippen LogP contribution in [0.25, 0.3) is 11.1 Å². The van der Waals surface area contributed by atoms with Crippen LogP contribution in [-0.4, -0.2) is 86.7 Å². The van der Waals surface area contributed by atoms with Crippen LogP contribution in [0.4, 0.5) is 10.5 Å². The molecule has 0 saturated heterocycles. The van der Waals surface area contributed by atoms with E-state index >= 15 is 0 Å². The molecule has 3 aromatic rings. The van der Waals surface area contributed by atoms with Gasteiger partial charge in [0.05, 0.1) is 14.2 Å². The minimum atomic E-state index is -1.11. The number of methoxy groups -OCH3 is 2. The van der Waals surface area contributed by atoms with E-state index < -0.39 is 65.8 Å². The molecule has 0 aromatic heterocycles. The lowest BCUT2D eigenvalue weighted by Gasteiger charge is -2.22. The number of fused-ring (bicyclic) bond motifs is 3. The first kappa shape index (κ1) is 40.5. The fraction of sp³-hybridized carbons (Fsp3) is 0.359. The second kappa shape index (κ2) is 19.0. The predicted molar refractivity (Wildman–Crippen MR) is 197 cm³/mol. The van der Waals surface area contributed by atoms with Crippen molar-refractivity contribution in [2.45, 2.75) is 70.1 Å². The maximum Gasteiger partial charge on any atom is 0.407 e. The second-order valence-electron chi connectivity index (χ2n) is 12.8. The summed E-state index contributed by atoms with van der Waals surface area (Å²) in [6, 6.07) is 18.2. The van der Waals surface area contributed by atoms with E-state index in [4.69, 9.17) is 9.47 Å². The molecule has 4 atom stereocenters. The molecule has 5 N–H and O–H groups in total. The Morgan fingerprint density at radius 3 is 1.74 bits per heavy atom. The SMILES string of the molecule is COC(=O)C(C)NC(=O)CCC(=O)Nc1ccc(C[C@H](NC(=O)C(C)NC(=O)C(C)NC(=O)OCC2c3ccccc3-c3ccccc32)C(=O)OC)cc1. The normalized spacial score (nSPS) is 13.7. The van der Waals surface area contributed by atoms with Gasteiger partial charge in [0.15, 0.2) is 0 Å². The lowest BCUT2D eigenvalue weighted by molar-refractivity contribution is -0.145. The van der Waals surface area contributed by atoms with E-state index in [1.807, 2.05) is 48.5 Å². The summed E-state index contributed by atoms with van der Waals surface area (Å²) in [6.45, 7) is 4.43. The Morgan fingerprint density at radius 1 is 0.611 bits per heavy atom. The summed E-state index contributed by atoms with van der Waals surface area (Å²) in [5, 5.41) is 12.7. The summed E-state index contributed by atoms with van der Waals surface area (Å²) in [6.07, 6.45) is -1.02. The number of rotatable bonds is 16. The number of amides is 5. The lowest BCUT2D eigenvalue weighted by Crippen LogP contribution is -2.54. The topological polar surface area (TPSA) is 207 Å². The number of hydrogen-bond donors (Lipinski definition) is 5. The van der Waals surface area contributed by atoms with Gasteiger partial charge in [-0.15, -0.1) is 0 Å². The number of benzene rings is 3. The highest BCUT2D eigenvalue weighted by Gasteiger charge is 2.30. The van der Waals surface area contributed by atoms with Crippen LogP contribution in [-0.2, 0) is 49.4 Å². The summed E-state index contributed by atoms with van der Waals surface area (Å²) in [7, 11) is 2.39. The number of ether oxygens (including phenoxy) is 3. The third-order valence-electron chi connectivity index (χ3n) is 8.81. The van der Waals surface area contributed by atoms with Crippen molar-refractivity contribution >= 4 is 47.3 Å². The average Bonchev–Trinajstić information content (AvgIpc) is 3.49. The average molecular weight is 744 g/mol. The standard InChI is InChI=1S/C39H45N5O10/c1-22(41-35(47)23(2)42-39(51)54-21-31-29-12-8-6-10-27(29)28-11-7-9-13-30(28)31)36(48)44-32(38(50)53-5)20-25-14-16-26(17-15-25)43-34(46)19-18-33(45)40-24(3)37(49)52-4/h6-17,22-24,31-32H,18-21H2,1-5H3,(H,40,45)(H,41,47)(H,42,51)(H,43,46)(H,44,48)/t22?,23?,24?,32-/m0/s1. The monoisotopic (exact) mass is 743 g/mol. The summed E-state index contributed by atoms with van der Waals surface area (Å²) in [4.78, 5) is 87.0. The number of nitrogens with one attached hydrogen (secondary N) is 5. The van der Waals surface area contributed by atoms with Crippen molar-refractivity contribution in [3.05, 3.63) is 89.5 Å². The zero-order valence-electron chi connectivity index (χ0n) is 30.7. The Balaban J connectivity index is 1.22. The van der Waals surface area contributed by atoms with E-state index in [9.17, 15) is 33.6 Å². The van der Waals surface area contributed by atoms with Gasteiger partial charge in [0.1, 0.15) is 30.8 Å². The van der Waals surface area contributed by atoms with Gasteiger partial charge in [0, 0.05) is 30.9 Å². The van der Waals surface area contributed by atoms with Crippen LogP contribution < -0.4 is 26.6 Å². The van der Waals surface area contributed by atoms with Gasteiger partial charge < -0.3 is 40.8 Å². The third-order valence-corrected chi connectivity index (χ3v) is 8.81. The van der Waals surface area contributed by atoms with Crippen LogP contribution >= 0.6 is 0 Å². The Morgan fingerprint density at radius 2 is 1.15 bits per heavy atom. The van der Waals surface area contributed by atoms with Crippen LogP contribution in [0.1, 0.15) is 56.2 Å². The Bertz CT molecular complexity index is 1820. The van der Waals surface area contributed by atoms with Crippen LogP contribution in [0, 0.1) is 0 Å². The van der Waals surface area contributed by atoms with Crippen molar-refractivity contribution in [2.75, 3.05) is 26.1 Å². The molecule has 0 heterocycles. The Kier molecular flexibility index (Phi) is 14.3. The molecule has 3 unspecified atom stereocenters. The van der Waals surface area contributed by atoms with Crippen LogP contribution in [0.2, 0.25) is 0 Å². The van der Waals surface area contributed by atoms with Gasteiger partial charge >= 0.3 is 18.0 Å². The summed E-state index contributed by atoms with van der Waals surface area (Å²) < 4.78 is 14.9. The molecule has 3 aromatic carbocycles. The van der Waals surface area contributed by atoms with Gasteiger partial charge in [-0.2, -0.15) is 0 Å². The molecule has 5 amide bonds. The van der Waals surface area contributed by atoms with Crippen molar-refractivity contribution in [1.82, 2.24) is 21.3 Å². The van der Waals surface area contributed by atoms with Gasteiger partial charge in [0.2, 0.25) is 23.6 Å². The number of alkyl carbamates (subject to hydrolysis) is 1. The number of carbonyl (C=O) groups excluding carboxylic acids is 7. The second-order valence-corrected chi connectivity index (χ2v) is 12.8. The minimum absolute atomic E-state index is 0.0333. The lowest BCUT2D eigenvalue weighted by atomic mass is 9.98. The van der Waals surface area contributed by atoms with E-state index in [1.165, 1.54) is 35.0 Å². The van der Waals surface area contributed by atoms with E-state index in [2.05, 4.69) is 31.3 Å². The number of anilines is 1. The van der Waals surface area contributed by atoms with Crippen molar-refractivity contribution < 1.29 is 47.8 Å². The van der Waals surface area contributed by atoms with Crippen molar-refractivity contribution in [3.8, 4) is 11.1 Å². The molecule has 15 nitrogen and oxygen atoms in total. The quantitative estimate of drug-likeness (QED) is 0.107. The van der Waals surface area contributed by atoms with Gasteiger partial charge in [-0.1, -0.05) is 60.7 Å². The fourth-order valence-electron chi connectivity index (χ4n) is 5.88. The van der Waals surface area contributed by atoms with Crippen molar-refractivity contribution in [3.63, 3.8) is 0 Å². The molecule has 0 spiro atoms. The zero-order valence-corrected chi connectivity index (χ0v) is 30.7. The first-order valence-electron chi connectivity index (χ1n) is 17.4. The molecule has 1 aliphatic carbocycles. The number of carbonyl (C=O) groups is 7. The summed E-state index contributed by atoms with van der Waals surface area (Å²) in [5.41, 5.74) is 5.33. The van der Waals surface area contributed by atoms with Crippen LogP contribution in [0.3, 0.4) is 0 Å². The van der Waals surface area contributed by atoms with E-state index in [0.29, 0.717) is 11.3 Å². The maximum atomic E-state index is 13.0. The fourth-order valence-corrected chi connectivity index (χ4v) is 5.88. The highest BCUT2D eigenvalue weighted by atomic mass is 16.5. The third kappa shape index (κ3) is 10.9. The van der Waals surface area contributed by atoms with Crippen molar-refractivity contribution in [2.24, 2.45) is 0 Å². The predicted octanol–water partition coefficient (Wildman–Crippen LogP) is 2.72. The minimum Gasteiger partial charge on any atom is -0.467 e. The molecule has 286 valence electrons. The summed E-state index contributed by atoms with van der Waals surface area (Å²) >= 11 is 0. The molecule has 54 heavy (non-hydrogen) atoms. The molecule has 0 bridgehead atoms. The van der Waals surface area contributed by atoms with Crippen LogP contribution in [0.5, 0.6) is 0 Å². The zero-order chi connectivity index (χ0) is 39.4. The van der Waals surface area contributed by atoms with E-state index in [1.54, 1.807) is 24.3 Å². The number of esters is 2. The molecule has 0 aliphatic heterocycles. The molecular formula is C39H45N5O10. The van der Waals surface area contributed by atoms with Crippen LogP contribution in [0.15, 0.2) is 72.8 Å². The van der Waals surface area contributed by atoms with Gasteiger partial charge in [-0.05, 0) is 60.7 Å². The highest BCUT2D eigenvalue weighted by Crippen LogP contribution is 2.44. The molecule has 0 fully saturated rings. The molecule has 4 rings (SSSR count). The smallest absolute Gasteiger partial charge is 0.407 e. The van der Waals surface area contributed by atoms with E-state index in [-0.39, 0.29) is 31.8 Å². The van der Waals surface area contributed by atoms with Crippen molar-refractivity contribution in [1.29, 1.82) is 0 Å². The Labute approximate surface area is 312 Å². The first-order chi connectivity index (χ1) is 25.8. The largest absolute Gasteiger partial charge is 0.467 e. The Hall–Kier alpha value is -6.25. The maximum absolute atomic E-state index is 13.0. The molecule has 1 aliphatic rings. The first-order valence-corrected chi connectivity index (χ1v) is 17.4. The number of hydrogen-bond acceptors (Lipinski definition) is 10. The molecule has 15 heteroatoms.